The Morgan fingerprint density at radius 3 is 2.59 bits per heavy atom. The van der Waals surface area contributed by atoms with E-state index in [4.69, 9.17) is 4.74 Å². The number of carbonyl (C=O) groups excluding carboxylic acids is 1. The molecule has 0 aromatic heterocycles. The molecule has 17 heavy (non-hydrogen) atoms. The molecule has 0 saturated carbocycles. The molecule has 0 spiro atoms. The van der Waals surface area contributed by atoms with Gasteiger partial charge in [-0.1, -0.05) is 6.92 Å². The van der Waals surface area contributed by atoms with Crippen molar-refractivity contribution in [1.82, 2.24) is 5.32 Å². The van der Waals surface area contributed by atoms with E-state index in [-0.39, 0.29) is 11.8 Å². The van der Waals surface area contributed by atoms with Crippen molar-refractivity contribution in [3.63, 3.8) is 0 Å². The zero-order valence-electron chi connectivity index (χ0n) is 10.2. The Morgan fingerprint density at radius 2 is 2.06 bits per heavy atom. The van der Waals surface area contributed by atoms with Crippen molar-refractivity contribution in [2.24, 2.45) is 11.8 Å². The summed E-state index contributed by atoms with van der Waals surface area (Å²) in [5.74, 6) is 1.34. The fourth-order valence-electron chi connectivity index (χ4n) is 2.07. The fraction of sp³-hybridized carbons (Fsp3) is 0.462. The summed E-state index contributed by atoms with van der Waals surface area (Å²) in [4.78, 5) is 12.0. The molecule has 1 saturated heterocycles. The molecule has 0 unspecified atom stereocenters. The minimum absolute atomic E-state index is 0.0668. The first-order chi connectivity index (χ1) is 8.20. The number of ether oxygens (including phenoxy) is 1. The summed E-state index contributed by atoms with van der Waals surface area (Å²) < 4.78 is 5.07. The molecule has 1 amide bonds. The highest BCUT2D eigenvalue weighted by molar-refractivity contribution is 5.93. The highest BCUT2D eigenvalue weighted by atomic mass is 16.5. The number of hydrogen-bond acceptors (Lipinski definition) is 3. The third kappa shape index (κ3) is 2.77. The molecule has 0 aliphatic carbocycles. The molecule has 1 aliphatic rings. The predicted molar refractivity (Wildman–Crippen MR) is 67.1 cm³/mol. The van der Waals surface area contributed by atoms with Crippen molar-refractivity contribution in [3.8, 4) is 5.75 Å². The van der Waals surface area contributed by atoms with Crippen LogP contribution in [0.1, 0.15) is 6.92 Å². The van der Waals surface area contributed by atoms with Crippen molar-refractivity contribution in [1.29, 1.82) is 0 Å². The maximum absolute atomic E-state index is 12.0. The van der Waals surface area contributed by atoms with Crippen LogP contribution in [0.25, 0.3) is 0 Å². The van der Waals surface area contributed by atoms with Crippen LogP contribution in [0, 0.1) is 11.8 Å². The average Bonchev–Trinajstić information content (AvgIpc) is 2.76. The van der Waals surface area contributed by atoms with Gasteiger partial charge in [-0.2, -0.15) is 0 Å². The van der Waals surface area contributed by atoms with Crippen molar-refractivity contribution in [3.05, 3.63) is 24.3 Å². The lowest BCUT2D eigenvalue weighted by Crippen LogP contribution is -2.27. The maximum atomic E-state index is 12.0. The summed E-state index contributed by atoms with van der Waals surface area (Å²) in [5, 5.41) is 6.16. The smallest absolute Gasteiger partial charge is 0.229 e. The second kappa shape index (κ2) is 5.19. The van der Waals surface area contributed by atoms with Gasteiger partial charge >= 0.3 is 0 Å². The summed E-state index contributed by atoms with van der Waals surface area (Å²) >= 11 is 0. The zero-order chi connectivity index (χ0) is 12.3. The van der Waals surface area contributed by atoms with Crippen LogP contribution < -0.4 is 15.4 Å². The molecule has 0 bridgehead atoms. The van der Waals surface area contributed by atoms with E-state index in [1.807, 2.05) is 24.3 Å². The Labute approximate surface area is 101 Å². The van der Waals surface area contributed by atoms with E-state index in [0.717, 1.165) is 24.5 Å². The summed E-state index contributed by atoms with van der Waals surface area (Å²) in [6.07, 6.45) is 0. The Kier molecular flexibility index (Phi) is 3.64. The van der Waals surface area contributed by atoms with Gasteiger partial charge in [-0.25, -0.2) is 0 Å². The maximum Gasteiger partial charge on any atom is 0.229 e. The van der Waals surface area contributed by atoms with Crippen LogP contribution in [-0.4, -0.2) is 26.1 Å². The number of amides is 1. The number of rotatable bonds is 3. The van der Waals surface area contributed by atoms with Crippen molar-refractivity contribution in [2.75, 3.05) is 25.5 Å². The fourth-order valence-corrected chi connectivity index (χ4v) is 2.07. The second-order valence-electron chi connectivity index (χ2n) is 4.46. The minimum atomic E-state index is 0.0668. The Hall–Kier alpha value is -1.55. The molecule has 1 fully saturated rings. The molecule has 1 aromatic rings. The Morgan fingerprint density at radius 1 is 1.35 bits per heavy atom. The van der Waals surface area contributed by atoms with Gasteiger partial charge in [-0.3, -0.25) is 4.79 Å². The number of anilines is 1. The first-order valence-corrected chi connectivity index (χ1v) is 5.86. The van der Waals surface area contributed by atoms with Crippen LogP contribution in [0.15, 0.2) is 24.3 Å². The van der Waals surface area contributed by atoms with E-state index in [1.165, 1.54) is 0 Å². The molecule has 1 aliphatic heterocycles. The van der Waals surface area contributed by atoms with E-state index < -0.39 is 0 Å². The summed E-state index contributed by atoms with van der Waals surface area (Å²) in [5.41, 5.74) is 0.815. The van der Waals surface area contributed by atoms with Gasteiger partial charge in [0.15, 0.2) is 0 Å². The monoisotopic (exact) mass is 234 g/mol. The van der Waals surface area contributed by atoms with Crippen molar-refractivity contribution >= 4 is 11.6 Å². The molecule has 2 rings (SSSR count). The number of hydrogen-bond donors (Lipinski definition) is 2. The van der Waals surface area contributed by atoms with E-state index in [9.17, 15) is 4.79 Å². The van der Waals surface area contributed by atoms with Crippen molar-refractivity contribution in [2.45, 2.75) is 6.92 Å². The van der Waals surface area contributed by atoms with Crippen LogP contribution in [0.4, 0.5) is 5.69 Å². The number of methoxy groups -OCH3 is 1. The molecule has 0 radical (unpaired) electrons. The largest absolute Gasteiger partial charge is 0.497 e. The molecule has 4 heteroatoms. The van der Waals surface area contributed by atoms with Gasteiger partial charge < -0.3 is 15.4 Å². The highest BCUT2D eigenvalue weighted by Gasteiger charge is 2.29. The highest BCUT2D eigenvalue weighted by Crippen LogP contribution is 2.20. The lowest BCUT2D eigenvalue weighted by atomic mass is 9.97. The third-order valence-corrected chi connectivity index (χ3v) is 3.21. The predicted octanol–water partition coefficient (Wildman–Crippen LogP) is 1.49. The van der Waals surface area contributed by atoms with Gasteiger partial charge in [-0.15, -0.1) is 0 Å². The number of carbonyl (C=O) groups is 1. The van der Waals surface area contributed by atoms with Gasteiger partial charge in [0.25, 0.3) is 0 Å². The summed E-state index contributed by atoms with van der Waals surface area (Å²) in [7, 11) is 1.62. The first-order valence-electron chi connectivity index (χ1n) is 5.86. The van der Waals surface area contributed by atoms with Gasteiger partial charge in [0.2, 0.25) is 5.91 Å². The van der Waals surface area contributed by atoms with Crippen molar-refractivity contribution < 1.29 is 9.53 Å². The second-order valence-corrected chi connectivity index (χ2v) is 4.46. The molecular weight excluding hydrogens is 216 g/mol. The molecule has 1 heterocycles. The molecule has 4 nitrogen and oxygen atoms in total. The molecular formula is C13H18N2O2. The van der Waals surface area contributed by atoms with Gasteiger partial charge in [-0.05, 0) is 36.7 Å². The standard InChI is InChI=1S/C13H18N2O2/c1-9-7-14-8-12(9)13(16)15-10-3-5-11(17-2)6-4-10/h3-6,9,12,14H,7-8H2,1-2H3,(H,15,16)/t9-,12-/m1/s1. The summed E-state index contributed by atoms with van der Waals surface area (Å²) in [6.45, 7) is 3.78. The van der Waals surface area contributed by atoms with E-state index >= 15 is 0 Å². The first kappa shape index (κ1) is 11.9. The third-order valence-electron chi connectivity index (χ3n) is 3.21. The quantitative estimate of drug-likeness (QED) is 0.833. The minimum Gasteiger partial charge on any atom is -0.497 e. The normalized spacial score (nSPS) is 23.4. The Balaban J connectivity index is 1.97. The molecule has 92 valence electrons. The van der Waals surface area contributed by atoms with Gasteiger partial charge in [0.05, 0.1) is 13.0 Å². The SMILES string of the molecule is COc1ccc(NC(=O)[C@@H]2CNC[C@H]2C)cc1. The van der Waals surface area contributed by atoms with Crippen LogP contribution in [-0.2, 0) is 4.79 Å². The lowest BCUT2D eigenvalue weighted by Gasteiger charge is -2.14. The van der Waals surface area contributed by atoms with Crippen LogP contribution in [0.3, 0.4) is 0 Å². The molecule has 2 N–H and O–H groups in total. The number of nitrogens with one attached hydrogen (secondary N) is 2. The van der Waals surface area contributed by atoms with Crippen LogP contribution in [0.5, 0.6) is 5.75 Å². The summed E-state index contributed by atoms with van der Waals surface area (Å²) in [6, 6.07) is 7.38. The van der Waals surface area contributed by atoms with Gasteiger partial charge in [0.1, 0.15) is 5.75 Å². The number of benzene rings is 1. The average molecular weight is 234 g/mol. The molecule has 1 aromatic carbocycles. The van der Waals surface area contributed by atoms with E-state index in [0.29, 0.717) is 5.92 Å². The molecule has 2 atom stereocenters. The van der Waals surface area contributed by atoms with Crippen LogP contribution in [0.2, 0.25) is 0 Å². The zero-order valence-corrected chi connectivity index (χ0v) is 10.2. The topological polar surface area (TPSA) is 50.4 Å². The van der Waals surface area contributed by atoms with Gasteiger partial charge in [0, 0.05) is 12.2 Å². The van der Waals surface area contributed by atoms with E-state index in [2.05, 4.69) is 17.6 Å². The lowest BCUT2D eigenvalue weighted by molar-refractivity contribution is -0.120. The van der Waals surface area contributed by atoms with E-state index in [1.54, 1.807) is 7.11 Å². The van der Waals surface area contributed by atoms with Crippen LogP contribution >= 0.6 is 0 Å². The Bertz CT molecular complexity index is 389.